The fourth-order valence-electron chi connectivity index (χ4n) is 1.68. The van der Waals surface area contributed by atoms with E-state index in [1.807, 2.05) is 30.3 Å². The van der Waals surface area contributed by atoms with E-state index in [1.165, 1.54) is 13.2 Å². The number of benzene rings is 2. The molecule has 0 spiro atoms. The van der Waals surface area contributed by atoms with Crippen molar-refractivity contribution in [1.82, 2.24) is 0 Å². The van der Waals surface area contributed by atoms with Gasteiger partial charge in [-0.05, 0) is 5.56 Å². The summed E-state index contributed by atoms with van der Waals surface area (Å²) in [7, 11) is 1.48. The van der Waals surface area contributed by atoms with E-state index in [9.17, 15) is 9.90 Å². The van der Waals surface area contributed by atoms with Crippen molar-refractivity contribution in [1.29, 1.82) is 0 Å². The highest BCUT2D eigenvalue weighted by Gasteiger charge is 2.11. The summed E-state index contributed by atoms with van der Waals surface area (Å²) in [6.07, 6.45) is 0.565. The summed E-state index contributed by atoms with van der Waals surface area (Å²) in [4.78, 5) is 11.0. The molecule has 0 bridgehead atoms. The summed E-state index contributed by atoms with van der Waals surface area (Å²) in [6.45, 7) is 0.314. The molecule has 0 aliphatic carbocycles. The zero-order valence-corrected chi connectivity index (χ0v) is 10.5. The van der Waals surface area contributed by atoms with Gasteiger partial charge < -0.3 is 14.6 Å². The van der Waals surface area contributed by atoms with Crippen molar-refractivity contribution in [2.75, 3.05) is 7.11 Å². The van der Waals surface area contributed by atoms with Crippen LogP contribution >= 0.6 is 0 Å². The maximum atomic E-state index is 11.0. The molecule has 0 saturated carbocycles. The minimum Gasteiger partial charge on any atom is -0.507 e. The molecule has 4 heteroatoms. The molecular weight excluding hydrogens is 244 g/mol. The summed E-state index contributed by atoms with van der Waals surface area (Å²) in [5, 5.41) is 9.71. The maximum absolute atomic E-state index is 11.0. The first-order valence-electron chi connectivity index (χ1n) is 5.77. The van der Waals surface area contributed by atoms with Crippen LogP contribution in [0.1, 0.15) is 15.9 Å². The second-order valence-electron chi connectivity index (χ2n) is 3.95. The predicted molar refractivity (Wildman–Crippen MR) is 70.8 cm³/mol. The lowest BCUT2D eigenvalue weighted by molar-refractivity contribution is 0.111. The van der Waals surface area contributed by atoms with E-state index >= 15 is 0 Å². The third-order valence-electron chi connectivity index (χ3n) is 2.68. The molecule has 0 saturated heterocycles. The molecule has 4 nitrogen and oxygen atoms in total. The van der Waals surface area contributed by atoms with Crippen molar-refractivity contribution >= 4 is 6.29 Å². The molecule has 0 aromatic heterocycles. The van der Waals surface area contributed by atoms with Gasteiger partial charge in [-0.1, -0.05) is 30.3 Å². The molecule has 0 unspecified atom stereocenters. The first kappa shape index (κ1) is 13.0. The van der Waals surface area contributed by atoms with E-state index in [0.29, 0.717) is 24.4 Å². The zero-order valence-electron chi connectivity index (χ0n) is 10.5. The van der Waals surface area contributed by atoms with Crippen molar-refractivity contribution in [3.63, 3.8) is 0 Å². The summed E-state index contributed by atoms with van der Waals surface area (Å²) in [5.74, 6) is 0.583. The van der Waals surface area contributed by atoms with Gasteiger partial charge in [-0.25, -0.2) is 0 Å². The molecule has 0 aliphatic rings. The number of rotatable bonds is 5. The monoisotopic (exact) mass is 258 g/mol. The van der Waals surface area contributed by atoms with Crippen LogP contribution in [-0.4, -0.2) is 18.5 Å². The van der Waals surface area contributed by atoms with Crippen LogP contribution in [0.3, 0.4) is 0 Å². The highest BCUT2D eigenvalue weighted by atomic mass is 16.5. The van der Waals surface area contributed by atoms with Gasteiger partial charge in [-0.15, -0.1) is 0 Å². The van der Waals surface area contributed by atoms with Crippen LogP contribution in [-0.2, 0) is 6.61 Å². The highest BCUT2D eigenvalue weighted by Crippen LogP contribution is 2.32. The highest BCUT2D eigenvalue weighted by molar-refractivity contribution is 5.84. The molecule has 1 N–H and O–H groups in total. The number of phenolic OH excluding ortho intramolecular Hbond substituents is 1. The number of hydrogen-bond acceptors (Lipinski definition) is 4. The normalized spacial score (nSPS) is 9.95. The fourth-order valence-corrected chi connectivity index (χ4v) is 1.68. The molecule has 0 aliphatic heterocycles. The van der Waals surface area contributed by atoms with Gasteiger partial charge in [0.15, 0.2) is 6.29 Å². The van der Waals surface area contributed by atoms with E-state index in [-0.39, 0.29) is 11.3 Å². The second-order valence-corrected chi connectivity index (χ2v) is 3.95. The molecule has 19 heavy (non-hydrogen) atoms. The van der Waals surface area contributed by atoms with Crippen molar-refractivity contribution in [2.24, 2.45) is 0 Å². The number of carbonyl (C=O) groups is 1. The Hall–Kier alpha value is -2.49. The standard InChI is InChI=1S/C15H14O4/c1-18-12-7-14(17)13(9-16)15(8-12)19-10-11-5-3-2-4-6-11/h2-9,17H,10H2,1H3. The van der Waals surface area contributed by atoms with Crippen LogP contribution in [0.4, 0.5) is 0 Å². The molecular formula is C15H14O4. The van der Waals surface area contributed by atoms with Gasteiger partial charge in [0.05, 0.1) is 12.7 Å². The summed E-state index contributed by atoms with van der Waals surface area (Å²) < 4.78 is 10.6. The number of aromatic hydroxyl groups is 1. The van der Waals surface area contributed by atoms with Crippen molar-refractivity contribution in [3.8, 4) is 17.2 Å². The zero-order chi connectivity index (χ0) is 13.7. The summed E-state index contributed by atoms with van der Waals surface area (Å²) in [6, 6.07) is 12.5. The Balaban J connectivity index is 2.23. The lowest BCUT2D eigenvalue weighted by atomic mass is 10.2. The number of hydrogen-bond donors (Lipinski definition) is 1. The number of ether oxygens (including phenoxy) is 2. The quantitative estimate of drug-likeness (QED) is 0.838. The van der Waals surface area contributed by atoms with Crippen LogP contribution in [0.2, 0.25) is 0 Å². The topological polar surface area (TPSA) is 55.8 Å². The predicted octanol–water partition coefficient (Wildman–Crippen LogP) is 2.79. The number of carbonyl (C=O) groups excluding carboxylic acids is 1. The molecule has 0 fully saturated rings. The minimum absolute atomic E-state index is 0.122. The van der Waals surface area contributed by atoms with Gasteiger partial charge in [-0.3, -0.25) is 4.79 Å². The Morgan fingerprint density at radius 1 is 1.21 bits per heavy atom. The van der Waals surface area contributed by atoms with E-state index in [2.05, 4.69) is 0 Å². The van der Waals surface area contributed by atoms with Gasteiger partial charge >= 0.3 is 0 Å². The maximum Gasteiger partial charge on any atom is 0.157 e. The Bertz CT molecular complexity index is 564. The summed E-state index contributed by atoms with van der Waals surface area (Å²) >= 11 is 0. The Morgan fingerprint density at radius 3 is 2.58 bits per heavy atom. The van der Waals surface area contributed by atoms with Gasteiger partial charge in [0, 0.05) is 12.1 Å². The van der Waals surface area contributed by atoms with Crippen molar-refractivity contribution in [3.05, 3.63) is 53.6 Å². The largest absolute Gasteiger partial charge is 0.507 e. The van der Waals surface area contributed by atoms with Gasteiger partial charge in [0.2, 0.25) is 0 Å². The average molecular weight is 258 g/mol. The number of aldehydes is 1. The summed E-state index contributed by atoms with van der Waals surface area (Å²) in [5.41, 5.74) is 1.10. The van der Waals surface area contributed by atoms with Crippen LogP contribution in [0.25, 0.3) is 0 Å². The molecule has 0 heterocycles. The Morgan fingerprint density at radius 2 is 1.95 bits per heavy atom. The molecule has 0 amide bonds. The fraction of sp³-hybridized carbons (Fsp3) is 0.133. The molecule has 98 valence electrons. The van der Waals surface area contributed by atoms with Gasteiger partial charge in [0.1, 0.15) is 23.9 Å². The molecule has 0 atom stereocenters. The van der Waals surface area contributed by atoms with E-state index in [4.69, 9.17) is 9.47 Å². The number of methoxy groups -OCH3 is 1. The van der Waals surface area contributed by atoms with E-state index in [1.54, 1.807) is 6.07 Å². The third kappa shape index (κ3) is 3.04. The lowest BCUT2D eigenvalue weighted by Gasteiger charge is -2.11. The smallest absolute Gasteiger partial charge is 0.157 e. The van der Waals surface area contributed by atoms with E-state index < -0.39 is 0 Å². The third-order valence-corrected chi connectivity index (χ3v) is 2.68. The molecule has 0 radical (unpaired) electrons. The molecule has 2 aromatic carbocycles. The molecule has 2 rings (SSSR count). The first-order valence-corrected chi connectivity index (χ1v) is 5.77. The Kier molecular flexibility index (Phi) is 4.03. The van der Waals surface area contributed by atoms with Crippen LogP contribution in [0.5, 0.6) is 17.2 Å². The minimum atomic E-state index is -0.155. The van der Waals surface area contributed by atoms with Crippen LogP contribution < -0.4 is 9.47 Å². The number of phenols is 1. The first-order chi connectivity index (χ1) is 9.24. The van der Waals surface area contributed by atoms with Gasteiger partial charge in [-0.2, -0.15) is 0 Å². The average Bonchev–Trinajstić information content (AvgIpc) is 2.45. The Labute approximate surface area is 111 Å². The second kappa shape index (κ2) is 5.91. The lowest BCUT2D eigenvalue weighted by Crippen LogP contribution is -1.99. The van der Waals surface area contributed by atoms with E-state index in [0.717, 1.165) is 5.56 Å². The van der Waals surface area contributed by atoms with Crippen molar-refractivity contribution in [2.45, 2.75) is 6.61 Å². The van der Waals surface area contributed by atoms with Crippen molar-refractivity contribution < 1.29 is 19.4 Å². The molecule has 2 aromatic rings. The van der Waals surface area contributed by atoms with Gasteiger partial charge in [0.25, 0.3) is 0 Å². The van der Waals surface area contributed by atoms with Crippen LogP contribution in [0, 0.1) is 0 Å². The SMILES string of the molecule is COc1cc(O)c(C=O)c(OCc2ccccc2)c1. The van der Waals surface area contributed by atoms with Crippen LogP contribution in [0.15, 0.2) is 42.5 Å².